The fourth-order valence-electron chi connectivity index (χ4n) is 2.34. The van der Waals surface area contributed by atoms with Crippen molar-refractivity contribution in [1.29, 1.82) is 0 Å². The van der Waals surface area contributed by atoms with Gasteiger partial charge in [-0.25, -0.2) is 4.57 Å². The Morgan fingerprint density at radius 3 is 2.70 bits per heavy atom. The molecule has 23 heavy (non-hydrogen) atoms. The van der Waals surface area contributed by atoms with Crippen LogP contribution >= 0.6 is 7.82 Å². The van der Waals surface area contributed by atoms with E-state index in [1.165, 1.54) is 0 Å². The number of unbranched alkanes of at least 4 members (excludes halogenated alkanes) is 1. The van der Waals surface area contributed by atoms with E-state index in [0.717, 1.165) is 20.0 Å². The Labute approximate surface area is 138 Å². The lowest BCUT2D eigenvalue weighted by Gasteiger charge is -2.19. The first-order chi connectivity index (χ1) is 10.9. The minimum absolute atomic E-state index is 0.131. The smallest absolute Gasteiger partial charge is 0.379 e. The highest BCUT2D eigenvalue weighted by Crippen LogP contribution is 2.43. The number of hydrogen-bond donors (Lipinski definition) is 1. The molecule has 1 saturated heterocycles. The molecule has 1 N–H and O–H groups in total. The van der Waals surface area contributed by atoms with Crippen molar-refractivity contribution in [3.8, 4) is 12.3 Å². The van der Waals surface area contributed by atoms with Crippen LogP contribution in [0.3, 0.4) is 0 Å². The summed E-state index contributed by atoms with van der Waals surface area (Å²) in [5.41, 5.74) is 0. The van der Waals surface area contributed by atoms with Gasteiger partial charge in [-0.3, -0.25) is 9.05 Å². The number of phosphoric ester groups is 1. The second-order valence-corrected chi connectivity index (χ2v) is 6.88. The molecule has 8 heteroatoms. The lowest BCUT2D eigenvalue weighted by molar-refractivity contribution is -0.0385. The van der Waals surface area contributed by atoms with Gasteiger partial charge in [-0.15, -0.1) is 6.42 Å². The third-order valence-electron chi connectivity index (χ3n) is 3.61. The molecular formula is C15H27O7P. The molecule has 0 aromatic carbocycles. The van der Waals surface area contributed by atoms with Crippen LogP contribution in [0.2, 0.25) is 0 Å². The Kier molecular flexibility index (Phi) is 9.33. The molecule has 1 rings (SSSR count). The van der Waals surface area contributed by atoms with E-state index in [9.17, 15) is 9.46 Å². The maximum absolute atomic E-state index is 11.4. The predicted molar refractivity (Wildman–Crippen MR) is 84.9 cm³/mol. The third-order valence-corrected chi connectivity index (χ3v) is 4.55. The van der Waals surface area contributed by atoms with Crippen molar-refractivity contribution >= 4 is 7.82 Å². The van der Waals surface area contributed by atoms with E-state index in [4.69, 9.17) is 25.2 Å². The van der Waals surface area contributed by atoms with Crippen LogP contribution in [0.25, 0.3) is 0 Å². The van der Waals surface area contributed by atoms with Gasteiger partial charge in [0.05, 0.1) is 44.1 Å². The monoisotopic (exact) mass is 350 g/mol. The van der Waals surface area contributed by atoms with Gasteiger partial charge < -0.3 is 19.1 Å². The topological polar surface area (TPSA) is 83.5 Å². The molecule has 0 aromatic rings. The van der Waals surface area contributed by atoms with Crippen LogP contribution in [0.1, 0.15) is 26.7 Å². The first kappa shape index (κ1) is 20.6. The molecule has 5 atom stereocenters. The highest BCUT2D eigenvalue weighted by atomic mass is 31.2. The average molecular weight is 350 g/mol. The van der Waals surface area contributed by atoms with Gasteiger partial charge in [0, 0.05) is 13.7 Å². The van der Waals surface area contributed by atoms with E-state index < -0.39 is 13.9 Å². The Morgan fingerprint density at radius 1 is 1.35 bits per heavy atom. The highest BCUT2D eigenvalue weighted by Gasteiger charge is 2.43. The highest BCUT2D eigenvalue weighted by molar-refractivity contribution is 7.47. The van der Waals surface area contributed by atoms with E-state index in [1.807, 2.05) is 6.92 Å². The van der Waals surface area contributed by atoms with E-state index in [2.05, 4.69) is 17.4 Å². The van der Waals surface area contributed by atoms with Crippen molar-refractivity contribution in [2.45, 2.75) is 45.0 Å². The minimum Gasteiger partial charge on any atom is -0.379 e. The molecule has 0 amide bonds. The first-order valence-electron chi connectivity index (χ1n) is 7.79. The van der Waals surface area contributed by atoms with Crippen LogP contribution in [-0.2, 0) is 27.8 Å². The molecule has 0 aliphatic carbocycles. The van der Waals surface area contributed by atoms with Crippen LogP contribution in [-0.4, -0.2) is 56.7 Å². The summed E-state index contributed by atoms with van der Waals surface area (Å²) in [5, 5.41) is 0. The number of terminal acetylenes is 1. The Bertz CT molecular complexity index is 423. The molecule has 134 valence electrons. The Hall–Kier alpha value is -0.450. The second-order valence-electron chi connectivity index (χ2n) is 5.32. The predicted octanol–water partition coefficient (Wildman–Crippen LogP) is 1.99. The lowest BCUT2D eigenvalue weighted by Crippen LogP contribution is -2.31. The molecule has 0 aromatic heterocycles. The van der Waals surface area contributed by atoms with Crippen LogP contribution in [0.4, 0.5) is 0 Å². The van der Waals surface area contributed by atoms with Gasteiger partial charge in [0.25, 0.3) is 0 Å². The molecule has 0 bridgehead atoms. The first-order valence-corrected chi connectivity index (χ1v) is 9.28. The normalized spacial score (nSPS) is 30.0. The third kappa shape index (κ3) is 6.90. The summed E-state index contributed by atoms with van der Waals surface area (Å²) in [7, 11) is -2.95. The molecule has 0 spiro atoms. The quantitative estimate of drug-likeness (QED) is 0.347. The number of ether oxygens (including phenoxy) is 3. The van der Waals surface area contributed by atoms with Crippen molar-refractivity contribution in [1.82, 2.24) is 0 Å². The van der Waals surface area contributed by atoms with Gasteiger partial charge in [-0.1, -0.05) is 19.3 Å². The van der Waals surface area contributed by atoms with Gasteiger partial charge in [-0.05, 0) is 13.3 Å². The molecule has 1 aliphatic rings. The van der Waals surface area contributed by atoms with Gasteiger partial charge in [0.2, 0.25) is 0 Å². The molecule has 7 nitrogen and oxygen atoms in total. The standard InChI is InChI=1S/C15H27O7P/c1-5-7-8-19-9-10-20-15-12(3)22-14(13(15)6-2)11-21-23(16,17)18-4/h2,12-15H,5,7-11H2,1,3-4H3,(H,16,17). The van der Waals surface area contributed by atoms with Crippen molar-refractivity contribution in [3.05, 3.63) is 0 Å². The number of hydrogen-bond acceptors (Lipinski definition) is 6. The summed E-state index contributed by atoms with van der Waals surface area (Å²) >= 11 is 0. The SMILES string of the molecule is C#CC1C(COP(=O)(O)OC)OC(C)C1OCCOCCCC. The summed E-state index contributed by atoms with van der Waals surface area (Å²) in [4.78, 5) is 9.27. The van der Waals surface area contributed by atoms with Crippen LogP contribution in [0.5, 0.6) is 0 Å². The molecule has 1 aliphatic heterocycles. The summed E-state index contributed by atoms with van der Waals surface area (Å²) in [6.45, 7) is 5.46. The van der Waals surface area contributed by atoms with Gasteiger partial charge in [0.15, 0.2) is 0 Å². The fourth-order valence-corrected chi connectivity index (χ4v) is 2.78. The minimum atomic E-state index is -4.05. The van der Waals surface area contributed by atoms with Crippen molar-refractivity contribution in [3.63, 3.8) is 0 Å². The maximum Gasteiger partial charge on any atom is 0.472 e. The second kappa shape index (κ2) is 10.4. The average Bonchev–Trinajstić information content (AvgIpc) is 2.84. The zero-order valence-corrected chi connectivity index (χ0v) is 14.9. The van der Waals surface area contributed by atoms with Gasteiger partial charge in [0.1, 0.15) is 0 Å². The van der Waals surface area contributed by atoms with Crippen LogP contribution in [0.15, 0.2) is 0 Å². The summed E-state index contributed by atoms with van der Waals surface area (Å²) in [5.74, 6) is 2.26. The van der Waals surface area contributed by atoms with E-state index >= 15 is 0 Å². The Balaban J connectivity index is 2.42. The zero-order valence-electron chi connectivity index (χ0n) is 14.0. The van der Waals surface area contributed by atoms with E-state index in [-0.39, 0.29) is 24.7 Å². The molecule has 1 heterocycles. The van der Waals surface area contributed by atoms with Crippen molar-refractivity contribution in [2.75, 3.05) is 33.5 Å². The molecule has 0 saturated carbocycles. The molecule has 5 unspecified atom stereocenters. The zero-order chi connectivity index (χ0) is 17.3. The van der Waals surface area contributed by atoms with Crippen molar-refractivity contribution in [2.24, 2.45) is 5.92 Å². The molecule has 1 fully saturated rings. The fraction of sp³-hybridized carbons (Fsp3) is 0.867. The number of phosphoric acid groups is 1. The lowest BCUT2D eigenvalue weighted by atomic mass is 9.98. The summed E-state index contributed by atoms with van der Waals surface area (Å²) in [6, 6.07) is 0. The van der Waals surface area contributed by atoms with Gasteiger partial charge in [-0.2, -0.15) is 0 Å². The summed E-state index contributed by atoms with van der Waals surface area (Å²) < 4.78 is 37.5. The Morgan fingerprint density at radius 2 is 2.09 bits per heavy atom. The number of rotatable bonds is 11. The van der Waals surface area contributed by atoms with Crippen LogP contribution in [0, 0.1) is 18.3 Å². The summed E-state index contributed by atoms with van der Waals surface area (Å²) in [6.07, 6.45) is 6.62. The van der Waals surface area contributed by atoms with Crippen molar-refractivity contribution < 1.29 is 32.7 Å². The van der Waals surface area contributed by atoms with E-state index in [1.54, 1.807) is 0 Å². The molecule has 0 radical (unpaired) electrons. The van der Waals surface area contributed by atoms with Crippen LogP contribution < -0.4 is 0 Å². The molecular weight excluding hydrogens is 323 g/mol. The van der Waals surface area contributed by atoms with Gasteiger partial charge >= 0.3 is 7.82 Å². The maximum atomic E-state index is 11.4. The van der Waals surface area contributed by atoms with E-state index in [0.29, 0.717) is 19.8 Å². The largest absolute Gasteiger partial charge is 0.472 e.